The van der Waals surface area contributed by atoms with Gasteiger partial charge in [0.15, 0.2) is 5.82 Å². The number of quaternary nitrogens is 1. The molecular formula is C26H33F3N4O7. The van der Waals surface area contributed by atoms with Gasteiger partial charge in [-0.05, 0) is 50.7 Å². The first kappa shape index (κ1) is 30.7. The number of amides is 1. The summed E-state index contributed by atoms with van der Waals surface area (Å²) in [5.74, 6) is -1.40. The van der Waals surface area contributed by atoms with Crippen molar-refractivity contribution in [3.05, 3.63) is 24.3 Å². The number of H-pyrrole nitrogens is 1. The number of carbonyl (C=O) groups excluding carboxylic acids is 3. The van der Waals surface area contributed by atoms with Crippen LogP contribution in [0.25, 0.3) is 11.3 Å². The number of nitrogens with one attached hydrogen (secondary N) is 2. The van der Waals surface area contributed by atoms with E-state index in [-0.39, 0.29) is 11.9 Å². The molecule has 0 radical (unpaired) electrons. The van der Waals surface area contributed by atoms with Crippen LogP contribution in [0.1, 0.15) is 44.9 Å². The van der Waals surface area contributed by atoms with E-state index in [1.807, 2.05) is 18.2 Å². The normalized spacial score (nSPS) is 21.6. The summed E-state index contributed by atoms with van der Waals surface area (Å²) in [4.78, 5) is 34.3. The zero-order valence-corrected chi connectivity index (χ0v) is 22.3. The number of carboxylic acid groups (broad SMARTS) is 1. The highest BCUT2D eigenvalue weighted by atomic mass is 19.4. The number of esters is 1. The molecule has 0 atom stereocenters. The van der Waals surface area contributed by atoms with Gasteiger partial charge in [0.05, 0.1) is 44.0 Å². The zero-order chi connectivity index (χ0) is 29.6. The Bertz CT molecular complexity index is 1190. The Morgan fingerprint density at radius 2 is 1.65 bits per heavy atom. The van der Waals surface area contributed by atoms with Gasteiger partial charge in [-0.25, -0.2) is 0 Å². The second-order valence-corrected chi connectivity index (χ2v) is 9.85. The van der Waals surface area contributed by atoms with Gasteiger partial charge in [-0.1, -0.05) is 6.07 Å². The number of nitrogens with zero attached hydrogens (tertiary/aromatic N) is 1. The number of hydrogen-bond acceptors (Lipinski definition) is 8. The predicted octanol–water partition coefficient (Wildman–Crippen LogP) is 1.85. The van der Waals surface area contributed by atoms with Gasteiger partial charge in [0.1, 0.15) is 17.5 Å². The molecule has 3 aliphatic carbocycles. The number of carbonyl (C=O) groups is 3. The number of carboxylic acids is 1. The van der Waals surface area contributed by atoms with Gasteiger partial charge in [0, 0.05) is 17.9 Å². The third-order valence-electron chi connectivity index (χ3n) is 7.53. The average molecular weight is 571 g/mol. The van der Waals surface area contributed by atoms with Crippen LogP contribution in [0.4, 0.5) is 19.0 Å². The Balaban J connectivity index is 0.000000559. The number of ether oxygens (including phenoxy) is 3. The van der Waals surface area contributed by atoms with E-state index in [0.717, 1.165) is 18.5 Å². The fourth-order valence-corrected chi connectivity index (χ4v) is 5.16. The molecule has 1 aromatic carbocycles. The third-order valence-corrected chi connectivity index (χ3v) is 7.53. The lowest BCUT2D eigenvalue weighted by atomic mass is 9.53. The van der Waals surface area contributed by atoms with Gasteiger partial charge in [-0.3, -0.25) is 14.7 Å². The Hall–Kier alpha value is -3.81. The highest BCUT2D eigenvalue weighted by Gasteiger charge is 2.56. The van der Waals surface area contributed by atoms with Crippen LogP contribution >= 0.6 is 0 Å². The Kier molecular flexibility index (Phi) is 9.66. The second-order valence-electron chi connectivity index (χ2n) is 9.85. The van der Waals surface area contributed by atoms with E-state index >= 15 is 0 Å². The molecule has 3 aliphatic rings. The maximum atomic E-state index is 13.3. The topological polar surface area (TPSA) is 170 Å². The number of aromatic nitrogens is 2. The highest BCUT2D eigenvalue weighted by Crippen LogP contribution is 2.57. The lowest BCUT2D eigenvalue weighted by Gasteiger charge is -2.50. The molecule has 3 fully saturated rings. The first-order valence-electron chi connectivity index (χ1n) is 12.7. The van der Waals surface area contributed by atoms with Crippen molar-refractivity contribution in [2.45, 2.75) is 51.1 Å². The molecule has 220 valence electrons. The summed E-state index contributed by atoms with van der Waals surface area (Å²) in [6.07, 6.45) is -0.234. The number of alkyl halides is 3. The lowest BCUT2D eigenvalue weighted by Crippen LogP contribution is -2.51. The summed E-state index contributed by atoms with van der Waals surface area (Å²) in [5, 5.41) is 19.1. The lowest BCUT2D eigenvalue weighted by molar-refractivity contribution is -0.368. The monoisotopic (exact) mass is 570 g/mol. The molecule has 40 heavy (non-hydrogen) atoms. The van der Waals surface area contributed by atoms with E-state index in [2.05, 4.69) is 21.2 Å². The van der Waals surface area contributed by atoms with Gasteiger partial charge in [0.2, 0.25) is 5.91 Å². The number of anilines is 1. The second kappa shape index (κ2) is 12.6. The molecule has 3 saturated carbocycles. The van der Waals surface area contributed by atoms with E-state index in [0.29, 0.717) is 68.1 Å². The predicted molar refractivity (Wildman–Crippen MR) is 133 cm³/mol. The van der Waals surface area contributed by atoms with E-state index in [1.54, 1.807) is 13.2 Å². The smallest absolute Gasteiger partial charge is 0.430 e. The van der Waals surface area contributed by atoms with Crippen molar-refractivity contribution < 1.29 is 52.6 Å². The summed E-state index contributed by atoms with van der Waals surface area (Å²) >= 11 is 0. The Labute approximate surface area is 228 Å². The molecule has 2 aromatic rings. The summed E-state index contributed by atoms with van der Waals surface area (Å²) in [6.45, 7) is 1.35. The maximum absolute atomic E-state index is 13.3. The first-order valence-corrected chi connectivity index (χ1v) is 12.7. The maximum Gasteiger partial charge on any atom is 0.430 e. The van der Waals surface area contributed by atoms with Crippen LogP contribution in [-0.2, 0) is 19.1 Å². The van der Waals surface area contributed by atoms with Crippen LogP contribution in [0.3, 0.4) is 0 Å². The van der Waals surface area contributed by atoms with E-state index < -0.39 is 23.0 Å². The quantitative estimate of drug-likeness (QED) is 0.303. The molecule has 5 N–H and O–H groups in total. The van der Waals surface area contributed by atoms with Gasteiger partial charge in [0.25, 0.3) is 0 Å². The number of benzene rings is 1. The zero-order valence-electron chi connectivity index (χ0n) is 22.3. The number of hydrogen-bond donors (Lipinski definition) is 3. The van der Waals surface area contributed by atoms with Gasteiger partial charge in [-0.15, -0.1) is 0 Å². The first-order chi connectivity index (χ1) is 18.9. The van der Waals surface area contributed by atoms with Crippen molar-refractivity contribution in [1.82, 2.24) is 10.2 Å². The fraction of sp³-hybridized carbons (Fsp3) is 0.538. The number of aliphatic carboxylic acids is 1. The summed E-state index contributed by atoms with van der Waals surface area (Å²) in [6, 6.07) is 7.42. The van der Waals surface area contributed by atoms with Crippen molar-refractivity contribution >= 4 is 23.7 Å². The van der Waals surface area contributed by atoms with Gasteiger partial charge in [-0.2, -0.15) is 18.3 Å². The highest BCUT2D eigenvalue weighted by molar-refractivity contribution is 5.96. The average Bonchev–Trinajstić information content (AvgIpc) is 3.41. The minimum Gasteiger partial charge on any atom is -0.542 e. The largest absolute Gasteiger partial charge is 0.542 e. The Morgan fingerprint density at radius 1 is 1.07 bits per heavy atom. The molecule has 0 unspecified atom stereocenters. The number of halogens is 3. The molecule has 2 bridgehead atoms. The summed E-state index contributed by atoms with van der Waals surface area (Å²) < 4.78 is 48.1. The summed E-state index contributed by atoms with van der Waals surface area (Å²) in [5.41, 5.74) is 4.43. The number of fused-ring (bicyclic) bond motifs is 3. The Morgan fingerprint density at radius 3 is 2.17 bits per heavy atom. The molecular weight excluding hydrogens is 537 g/mol. The van der Waals surface area contributed by atoms with E-state index in [9.17, 15) is 22.8 Å². The molecule has 1 aromatic heterocycles. The van der Waals surface area contributed by atoms with Crippen LogP contribution < -0.4 is 25.6 Å². The van der Waals surface area contributed by atoms with E-state index in [1.165, 1.54) is 7.11 Å². The SMILES string of the molecule is COC(=O)C12CCC(C(=O)Nc3cc(-c4c(OC)cccc4OCCC[NH3+])[nH]n3)(CC1)CC2.O=C([O-])C(F)(F)F. The molecule has 1 amide bonds. The van der Waals surface area contributed by atoms with Gasteiger partial charge < -0.3 is 35.2 Å². The van der Waals surface area contributed by atoms with Crippen molar-refractivity contribution in [3.63, 3.8) is 0 Å². The molecule has 11 nitrogen and oxygen atoms in total. The van der Waals surface area contributed by atoms with Crippen LogP contribution in [0, 0.1) is 10.8 Å². The van der Waals surface area contributed by atoms with Crippen LogP contribution in [-0.4, -0.2) is 61.6 Å². The van der Waals surface area contributed by atoms with E-state index in [4.69, 9.17) is 24.1 Å². The van der Waals surface area contributed by atoms with Crippen molar-refractivity contribution in [1.29, 1.82) is 0 Å². The molecule has 0 spiro atoms. The number of aromatic amines is 1. The molecule has 5 rings (SSSR count). The third kappa shape index (κ3) is 6.66. The van der Waals surface area contributed by atoms with Gasteiger partial charge >= 0.3 is 12.1 Å². The van der Waals surface area contributed by atoms with Crippen molar-refractivity contribution in [3.8, 4) is 22.8 Å². The molecule has 0 aliphatic heterocycles. The molecule has 0 saturated heterocycles. The summed E-state index contributed by atoms with van der Waals surface area (Å²) in [7, 11) is 3.05. The number of methoxy groups -OCH3 is 2. The van der Waals surface area contributed by atoms with Crippen LogP contribution in [0.15, 0.2) is 24.3 Å². The van der Waals surface area contributed by atoms with Crippen molar-refractivity contribution in [2.24, 2.45) is 10.8 Å². The number of rotatable bonds is 9. The van der Waals surface area contributed by atoms with Crippen molar-refractivity contribution in [2.75, 3.05) is 32.7 Å². The van der Waals surface area contributed by atoms with Crippen LogP contribution in [0.5, 0.6) is 11.5 Å². The molecule has 14 heteroatoms. The van der Waals surface area contributed by atoms with Crippen LogP contribution in [0.2, 0.25) is 0 Å². The standard InChI is InChI=1S/C24H32N4O5.C2HF3O2/c1-31-17-5-3-6-18(33-14-4-13-25)20(17)16-15-19(28-27-16)26-21(29)23-7-10-24(11-8-23,12-9-23)22(30)32-2;3-2(4,5)1(6)7/h3,5-6,15H,4,7-14,25H2,1-2H3,(H2,26,27,28,29);(H,6,7). The fourth-order valence-electron chi connectivity index (χ4n) is 5.16. The molecule has 1 heterocycles. The minimum absolute atomic E-state index is 0.0364. The minimum atomic E-state index is -5.19.